The van der Waals surface area contributed by atoms with Crippen LogP contribution in [-0.4, -0.2) is 29.9 Å². The molecule has 5 aliphatic carbocycles. The number of thiophene rings is 5. The second-order valence-corrected chi connectivity index (χ2v) is 39.8. The Labute approximate surface area is 767 Å². The normalized spacial score (nSPS) is 16.0. The van der Waals surface area contributed by atoms with Crippen molar-refractivity contribution in [2.45, 2.75) is 179 Å². The van der Waals surface area contributed by atoms with E-state index in [0.29, 0.717) is 55.7 Å². The third-order valence-electron chi connectivity index (χ3n) is 25.6. The summed E-state index contributed by atoms with van der Waals surface area (Å²) in [6.45, 7) is 8.98. The number of carbonyl (C=O) groups is 5. The largest absolute Gasteiger partial charge is 0.297 e. The van der Waals surface area contributed by atoms with E-state index in [0.717, 1.165) is 112 Å². The molecule has 11 nitrogen and oxygen atoms in total. The number of unbranched alkanes of at least 4 members (excludes halogenated alkanes) is 12. The first kappa shape index (κ1) is 88.1. The monoisotopic (exact) mass is 1770 g/mol. The number of aldehydes is 2. The molecule has 0 spiro atoms. The Kier molecular flexibility index (Phi) is 27.2. The molecular formula is C110H92N6O5S6. The summed E-state index contributed by atoms with van der Waals surface area (Å²) < 4.78 is 4.57. The molecule has 2 unspecified atom stereocenters. The maximum absolute atomic E-state index is 14.2. The fourth-order valence-electron chi connectivity index (χ4n) is 19.5. The number of benzene rings is 7. The highest BCUT2D eigenvalue weighted by Crippen LogP contribution is 2.70. The molecule has 17 heteroatoms. The van der Waals surface area contributed by atoms with Gasteiger partial charge >= 0.3 is 0 Å². The van der Waals surface area contributed by atoms with Crippen molar-refractivity contribution < 1.29 is 24.0 Å². The second-order valence-electron chi connectivity index (χ2n) is 33.2. The minimum atomic E-state index is -0.794. The predicted molar refractivity (Wildman–Crippen MR) is 519 cm³/mol. The number of aryl methyl sites for hydroxylation is 4. The highest BCUT2D eigenvalue weighted by atomic mass is 32.2. The SMILES string of the molecule is CCCCCCc1ccc(C2(c3ccc(CCCCCC)cc3)c3c(sc4cc(C=O)sc34)C3SC(C=O)=CC32)cc1.CCCCCCc1ccc(C2(c3ccc(CCCCCC)cc3)c3cc(/C=C4\C(=O)c5ccccc5C4=C(C#N)C#N)sc3-c3sc4cc(/C=C5\C(=O)c6ccccc6C5=C(C#N)C#N)sc4c32)cc1.N#CC(C#N)=C1CC(=O)c2ccccc21. The summed E-state index contributed by atoms with van der Waals surface area (Å²) in [6, 6.07) is 76.7. The standard InChI is InChI=1S/C61H46N4O2S3.C37H40O2S3.C12H6N2O/c1-3-5-7-9-15-37-21-25-41(26-22-37)61(42-27-23-38(24-28-42)16-10-8-6-4-2)51-31-43(29-49-53(39(33-62)34-63)45-17-11-13-19-47(45)56(49)66)68-58(51)60-55(61)59-52(70-60)32-44(69-59)30-50-54(40(35-64)36-65)46-18-12-14-20-48(46)57(50)67;1-3-5-7-9-11-25-13-17-27(18-14-25)37(28-19-15-26(16-20-28)12-10-8-6-4-2)31-21-29(23-38)40-34(31)36-33(37)35-32(42-36)22-30(24-39)41-35;13-6-8(7-14)11-5-12(15)10-4-2-1-3-9(10)11/h11-14,17-32H,3-10,15-16H2,1-2H3;13-24,31,34H,3-12H2,1-2H3;1-4H,5H2/b49-29-,50-30-;;. The molecule has 6 aliphatic rings. The molecule has 7 aromatic carbocycles. The van der Waals surface area contributed by atoms with Crippen LogP contribution in [0.1, 0.15) is 275 Å². The fourth-order valence-corrected chi connectivity index (χ4v) is 27.6. The molecule has 12 aromatic rings. The molecule has 0 N–H and O–H groups in total. The van der Waals surface area contributed by atoms with E-state index in [4.69, 9.17) is 10.5 Å². The zero-order valence-corrected chi connectivity index (χ0v) is 76.4. The lowest BCUT2D eigenvalue weighted by Crippen LogP contribution is -2.33. The number of allylic oxidation sites excluding steroid dienone is 10. The summed E-state index contributed by atoms with van der Waals surface area (Å²) in [4.78, 5) is 70.7. The maximum Gasteiger partial charge on any atom is 0.194 e. The number of thioether (sulfide) groups is 1. The Morgan fingerprint density at radius 2 is 0.803 bits per heavy atom. The summed E-state index contributed by atoms with van der Waals surface area (Å²) in [5.74, 6) is -0.309. The molecule has 0 fully saturated rings. The predicted octanol–water partition coefficient (Wildman–Crippen LogP) is 28.7. The molecule has 0 saturated heterocycles. The van der Waals surface area contributed by atoms with Gasteiger partial charge in [0.2, 0.25) is 0 Å². The summed E-state index contributed by atoms with van der Waals surface area (Å²) in [5.41, 5.74) is 17.9. The average molecular weight is 1770 g/mol. The van der Waals surface area contributed by atoms with Crippen LogP contribution in [0, 0.1) is 73.9 Å². The smallest absolute Gasteiger partial charge is 0.194 e. The van der Waals surface area contributed by atoms with Crippen LogP contribution in [0.3, 0.4) is 0 Å². The van der Waals surface area contributed by atoms with Crippen LogP contribution in [0.15, 0.2) is 227 Å². The van der Waals surface area contributed by atoms with Gasteiger partial charge in [-0.3, -0.25) is 24.0 Å². The Balaban J connectivity index is 0.000000174. The van der Waals surface area contributed by atoms with E-state index in [1.165, 1.54) is 149 Å². The van der Waals surface area contributed by atoms with Crippen LogP contribution in [0.2, 0.25) is 0 Å². The van der Waals surface area contributed by atoms with Crippen molar-refractivity contribution in [1.82, 2.24) is 0 Å². The van der Waals surface area contributed by atoms with Crippen molar-refractivity contribution in [1.29, 1.82) is 31.6 Å². The third-order valence-corrected chi connectivity index (χ3v) is 33.0. The van der Waals surface area contributed by atoms with Crippen LogP contribution >= 0.6 is 68.4 Å². The number of hydrogen-bond donors (Lipinski definition) is 0. The van der Waals surface area contributed by atoms with Crippen LogP contribution in [0.5, 0.6) is 0 Å². The minimum absolute atomic E-state index is 0.0244. The van der Waals surface area contributed by atoms with Gasteiger partial charge < -0.3 is 0 Å². The van der Waals surface area contributed by atoms with Gasteiger partial charge in [0.05, 0.1) is 40.1 Å². The van der Waals surface area contributed by atoms with Gasteiger partial charge in [-0.1, -0.05) is 281 Å². The maximum atomic E-state index is 14.2. The number of rotatable bonds is 28. The molecule has 1 aliphatic heterocycles. The van der Waals surface area contributed by atoms with Crippen molar-refractivity contribution in [3.8, 4) is 46.2 Å². The molecule has 6 heterocycles. The second kappa shape index (κ2) is 39.3. The van der Waals surface area contributed by atoms with Crippen molar-refractivity contribution in [2.24, 2.45) is 5.92 Å². The highest BCUT2D eigenvalue weighted by Gasteiger charge is 2.59. The Hall–Kier alpha value is -12.4. The Bertz CT molecular complexity index is 6680. The zero-order valence-electron chi connectivity index (χ0n) is 71.5. The van der Waals surface area contributed by atoms with Gasteiger partial charge in [0, 0.05) is 91.4 Å². The van der Waals surface area contributed by atoms with E-state index in [-0.39, 0.29) is 51.7 Å². The topological polar surface area (TPSA) is 228 Å². The van der Waals surface area contributed by atoms with E-state index in [9.17, 15) is 45.0 Å². The average Bonchev–Trinajstić information content (AvgIpc) is 1.51. The van der Waals surface area contributed by atoms with E-state index in [1.807, 2.05) is 59.9 Å². The minimum Gasteiger partial charge on any atom is -0.297 e. The molecular weight excluding hydrogens is 1680 g/mol. The quantitative estimate of drug-likeness (QED) is 0.0193. The molecule has 0 bridgehead atoms. The van der Waals surface area contributed by atoms with Gasteiger partial charge in [-0.05, 0) is 154 Å². The Morgan fingerprint density at radius 3 is 1.24 bits per heavy atom. The van der Waals surface area contributed by atoms with Gasteiger partial charge in [-0.2, -0.15) is 31.6 Å². The van der Waals surface area contributed by atoms with Crippen molar-refractivity contribution in [3.63, 3.8) is 0 Å². The van der Waals surface area contributed by atoms with E-state index >= 15 is 0 Å². The van der Waals surface area contributed by atoms with Crippen LogP contribution in [-0.2, 0) is 41.3 Å². The van der Waals surface area contributed by atoms with Gasteiger partial charge in [-0.15, -0.1) is 68.4 Å². The number of nitriles is 6. The lowest BCUT2D eigenvalue weighted by molar-refractivity contribution is -0.104. The van der Waals surface area contributed by atoms with Crippen LogP contribution in [0.25, 0.3) is 57.4 Å². The molecule has 18 rings (SSSR count). The summed E-state index contributed by atoms with van der Waals surface area (Å²) in [6.07, 6.45) is 31.9. The number of Topliss-reactive ketones (excluding diaryl/α,β-unsaturated/α-hetero) is 3. The summed E-state index contributed by atoms with van der Waals surface area (Å²) >= 11 is 10.1. The number of nitrogens with zero attached hydrogens (tertiary/aromatic N) is 6. The number of hydrogen-bond acceptors (Lipinski definition) is 17. The first-order valence-electron chi connectivity index (χ1n) is 44.1. The van der Waals surface area contributed by atoms with E-state index in [2.05, 4.69) is 161 Å². The lowest BCUT2D eigenvalue weighted by atomic mass is 9.65. The molecule has 5 aromatic heterocycles. The van der Waals surface area contributed by atoms with E-state index < -0.39 is 10.8 Å². The lowest BCUT2D eigenvalue weighted by Gasteiger charge is -2.37. The molecule has 0 radical (unpaired) electrons. The Morgan fingerprint density at radius 1 is 0.402 bits per heavy atom. The van der Waals surface area contributed by atoms with Crippen molar-refractivity contribution in [2.75, 3.05) is 0 Å². The summed E-state index contributed by atoms with van der Waals surface area (Å²) in [7, 11) is 0. The van der Waals surface area contributed by atoms with Crippen molar-refractivity contribution in [3.05, 3.63) is 341 Å². The van der Waals surface area contributed by atoms with Gasteiger partial charge in [0.15, 0.2) is 29.9 Å². The highest BCUT2D eigenvalue weighted by molar-refractivity contribution is 8.04. The molecule has 0 saturated carbocycles. The first-order valence-corrected chi connectivity index (χ1v) is 49.1. The molecule has 0 amide bonds. The summed E-state index contributed by atoms with van der Waals surface area (Å²) in [5, 5.41) is 58.1. The molecule has 628 valence electrons. The number of ketones is 3. The molecule has 127 heavy (non-hydrogen) atoms. The van der Waals surface area contributed by atoms with Crippen LogP contribution < -0.4 is 0 Å². The molecule has 2 atom stereocenters. The number of carbonyl (C=O) groups excluding carboxylic acids is 5. The van der Waals surface area contributed by atoms with E-state index in [1.54, 1.807) is 118 Å². The van der Waals surface area contributed by atoms with Gasteiger partial charge in [0.1, 0.15) is 53.1 Å². The first-order chi connectivity index (χ1) is 62.2. The number of fused-ring (bicyclic) bond motifs is 13. The van der Waals surface area contributed by atoms with Crippen molar-refractivity contribution >= 4 is 146 Å². The van der Waals surface area contributed by atoms with Gasteiger partial charge in [-0.25, -0.2) is 0 Å². The van der Waals surface area contributed by atoms with Crippen LogP contribution in [0.4, 0.5) is 0 Å². The third kappa shape index (κ3) is 16.5. The zero-order chi connectivity index (χ0) is 88.5. The van der Waals surface area contributed by atoms with Gasteiger partial charge in [0.25, 0.3) is 0 Å². The fraction of sp³-hybridized carbons (Fsp3) is 0.264.